The van der Waals surface area contributed by atoms with Crippen molar-refractivity contribution in [3.63, 3.8) is 0 Å². The van der Waals surface area contributed by atoms with Crippen LogP contribution in [0.15, 0.2) is 51.9 Å². The second-order valence-electron chi connectivity index (χ2n) is 7.59. The summed E-state index contributed by atoms with van der Waals surface area (Å²) in [4.78, 5) is -0.0263. The summed E-state index contributed by atoms with van der Waals surface area (Å²) in [5.74, 6) is -0.687. The van der Waals surface area contributed by atoms with E-state index in [1.807, 2.05) is 20.8 Å². The standard InChI is InChI=1S/C22H24F2N2O4S/c1-14(2)12-26(22-10-5-17(23)11-21(22)24)31(27,28)19-8-6-18(7-9-19)29-13-20-15(3)25-30-16(20)4/h5-11,14H,12-13H2,1-4H3. The summed E-state index contributed by atoms with van der Waals surface area (Å²) in [6.45, 7) is 7.49. The van der Waals surface area contributed by atoms with Gasteiger partial charge in [-0.25, -0.2) is 17.2 Å². The van der Waals surface area contributed by atoms with Gasteiger partial charge in [0, 0.05) is 12.6 Å². The summed E-state index contributed by atoms with van der Waals surface area (Å²) in [5.41, 5.74) is 1.35. The third kappa shape index (κ3) is 5.04. The van der Waals surface area contributed by atoms with Gasteiger partial charge in [0.1, 0.15) is 29.8 Å². The molecule has 0 saturated carbocycles. The first-order valence-electron chi connectivity index (χ1n) is 9.72. The highest BCUT2D eigenvalue weighted by atomic mass is 32.2. The molecule has 3 aromatic rings. The van der Waals surface area contributed by atoms with Crippen molar-refractivity contribution in [2.75, 3.05) is 10.8 Å². The van der Waals surface area contributed by atoms with E-state index >= 15 is 0 Å². The third-order valence-electron chi connectivity index (χ3n) is 4.69. The Hall–Kier alpha value is -2.94. The van der Waals surface area contributed by atoms with Crippen molar-refractivity contribution in [2.45, 2.75) is 39.2 Å². The van der Waals surface area contributed by atoms with Crippen LogP contribution in [0, 0.1) is 31.4 Å². The van der Waals surface area contributed by atoms with Gasteiger partial charge in [-0.1, -0.05) is 19.0 Å². The van der Waals surface area contributed by atoms with Gasteiger partial charge in [-0.2, -0.15) is 0 Å². The number of benzene rings is 2. The van der Waals surface area contributed by atoms with Gasteiger partial charge in [0.15, 0.2) is 0 Å². The molecule has 1 heterocycles. The molecule has 9 heteroatoms. The van der Waals surface area contributed by atoms with E-state index < -0.39 is 21.7 Å². The van der Waals surface area contributed by atoms with Crippen molar-refractivity contribution in [1.29, 1.82) is 0 Å². The molecule has 0 atom stereocenters. The van der Waals surface area contributed by atoms with E-state index in [0.717, 1.165) is 27.7 Å². The number of anilines is 1. The fourth-order valence-corrected chi connectivity index (χ4v) is 4.68. The van der Waals surface area contributed by atoms with E-state index in [4.69, 9.17) is 9.26 Å². The number of sulfonamides is 1. The van der Waals surface area contributed by atoms with Crippen LogP contribution in [0.3, 0.4) is 0 Å². The fraction of sp³-hybridized carbons (Fsp3) is 0.318. The highest BCUT2D eigenvalue weighted by Crippen LogP contribution is 2.29. The Morgan fingerprint density at radius 2 is 1.77 bits per heavy atom. The molecule has 2 aromatic carbocycles. The minimum Gasteiger partial charge on any atom is -0.489 e. The predicted molar refractivity (Wildman–Crippen MR) is 112 cm³/mol. The minimum atomic E-state index is -4.08. The molecule has 0 aliphatic rings. The summed E-state index contributed by atoms with van der Waals surface area (Å²) in [6, 6.07) is 8.68. The molecule has 166 valence electrons. The lowest BCUT2D eigenvalue weighted by molar-refractivity contribution is 0.301. The van der Waals surface area contributed by atoms with Crippen LogP contribution >= 0.6 is 0 Å². The molecule has 0 N–H and O–H groups in total. The summed E-state index contributed by atoms with van der Waals surface area (Å²) in [6.07, 6.45) is 0. The Labute approximate surface area is 180 Å². The topological polar surface area (TPSA) is 72.6 Å². The number of halogens is 2. The van der Waals surface area contributed by atoms with E-state index in [2.05, 4.69) is 5.16 Å². The smallest absolute Gasteiger partial charge is 0.264 e. The van der Waals surface area contributed by atoms with Gasteiger partial charge < -0.3 is 9.26 Å². The van der Waals surface area contributed by atoms with Gasteiger partial charge in [0.2, 0.25) is 0 Å². The Morgan fingerprint density at radius 1 is 1.10 bits per heavy atom. The van der Waals surface area contributed by atoms with E-state index in [9.17, 15) is 17.2 Å². The Kier molecular flexibility index (Phi) is 6.64. The van der Waals surface area contributed by atoms with Crippen LogP contribution in [-0.4, -0.2) is 20.1 Å². The SMILES string of the molecule is Cc1noc(C)c1COc1ccc(S(=O)(=O)N(CC(C)C)c2ccc(F)cc2F)cc1. The van der Waals surface area contributed by atoms with Gasteiger partial charge in [0.25, 0.3) is 10.0 Å². The Bertz CT molecular complexity index is 1140. The Morgan fingerprint density at radius 3 is 2.32 bits per heavy atom. The summed E-state index contributed by atoms with van der Waals surface area (Å²) in [5, 5.41) is 3.87. The number of aryl methyl sites for hydroxylation is 2. The molecule has 0 aliphatic carbocycles. The van der Waals surface area contributed by atoms with Crippen LogP contribution in [0.4, 0.5) is 14.5 Å². The number of hydrogen-bond acceptors (Lipinski definition) is 5. The van der Waals surface area contributed by atoms with Crippen molar-refractivity contribution in [3.05, 3.63) is 71.1 Å². The third-order valence-corrected chi connectivity index (χ3v) is 6.48. The monoisotopic (exact) mass is 450 g/mol. The first-order chi connectivity index (χ1) is 14.6. The maximum atomic E-state index is 14.4. The lowest BCUT2D eigenvalue weighted by Gasteiger charge is -2.26. The van der Waals surface area contributed by atoms with E-state index in [1.165, 1.54) is 24.3 Å². The second-order valence-corrected chi connectivity index (χ2v) is 9.45. The normalized spacial score (nSPS) is 11.7. The minimum absolute atomic E-state index is 0.0263. The lowest BCUT2D eigenvalue weighted by Crippen LogP contribution is -2.35. The van der Waals surface area contributed by atoms with Crippen LogP contribution in [0.2, 0.25) is 0 Å². The predicted octanol–water partition coefficient (Wildman–Crippen LogP) is 5.00. The molecular weight excluding hydrogens is 426 g/mol. The van der Waals surface area contributed by atoms with Crippen molar-refractivity contribution in [1.82, 2.24) is 5.16 Å². The van der Waals surface area contributed by atoms with Crippen LogP contribution in [-0.2, 0) is 16.6 Å². The molecule has 0 aliphatic heterocycles. The molecule has 3 rings (SSSR count). The number of aromatic nitrogens is 1. The van der Waals surface area contributed by atoms with Gasteiger partial charge in [-0.3, -0.25) is 4.31 Å². The van der Waals surface area contributed by atoms with Crippen molar-refractivity contribution in [2.24, 2.45) is 5.92 Å². The maximum absolute atomic E-state index is 14.4. The molecule has 0 radical (unpaired) electrons. The van der Waals surface area contributed by atoms with Gasteiger partial charge in [-0.05, 0) is 56.2 Å². The van der Waals surface area contributed by atoms with Crippen molar-refractivity contribution < 1.29 is 26.5 Å². The first kappa shape index (κ1) is 22.7. The quantitative estimate of drug-likeness (QED) is 0.483. The summed E-state index contributed by atoms with van der Waals surface area (Å²) in [7, 11) is -4.08. The lowest BCUT2D eigenvalue weighted by atomic mass is 10.2. The van der Waals surface area contributed by atoms with Crippen LogP contribution < -0.4 is 9.04 Å². The molecule has 0 unspecified atom stereocenters. The van der Waals surface area contributed by atoms with Gasteiger partial charge in [-0.15, -0.1) is 0 Å². The molecule has 31 heavy (non-hydrogen) atoms. The number of ether oxygens (including phenoxy) is 1. The van der Waals surface area contributed by atoms with E-state index in [0.29, 0.717) is 17.6 Å². The zero-order valence-electron chi connectivity index (χ0n) is 17.7. The first-order valence-corrected chi connectivity index (χ1v) is 11.2. The number of nitrogens with zero attached hydrogens (tertiary/aromatic N) is 2. The molecule has 0 saturated heterocycles. The van der Waals surface area contributed by atoms with Crippen LogP contribution in [0.5, 0.6) is 5.75 Å². The summed E-state index contributed by atoms with van der Waals surface area (Å²) >= 11 is 0. The number of rotatable bonds is 8. The summed E-state index contributed by atoms with van der Waals surface area (Å²) < 4.78 is 66.0. The van der Waals surface area contributed by atoms with Crippen LogP contribution in [0.1, 0.15) is 30.9 Å². The maximum Gasteiger partial charge on any atom is 0.264 e. The molecule has 0 bridgehead atoms. The molecule has 0 spiro atoms. The zero-order valence-corrected chi connectivity index (χ0v) is 18.5. The Balaban J connectivity index is 1.86. The van der Waals surface area contributed by atoms with E-state index in [-0.39, 0.29) is 29.7 Å². The average Bonchev–Trinajstić information content (AvgIpc) is 3.02. The molecule has 1 aromatic heterocycles. The molecule has 0 amide bonds. The fourth-order valence-electron chi connectivity index (χ4n) is 3.04. The molecular formula is C22H24F2N2O4S. The number of hydrogen-bond donors (Lipinski definition) is 0. The molecule has 6 nitrogen and oxygen atoms in total. The van der Waals surface area contributed by atoms with Crippen molar-refractivity contribution in [3.8, 4) is 5.75 Å². The highest BCUT2D eigenvalue weighted by molar-refractivity contribution is 7.92. The zero-order chi connectivity index (χ0) is 22.8. The van der Waals surface area contributed by atoms with Crippen molar-refractivity contribution >= 4 is 15.7 Å². The van der Waals surface area contributed by atoms with Crippen LogP contribution in [0.25, 0.3) is 0 Å². The molecule has 0 fully saturated rings. The highest BCUT2D eigenvalue weighted by Gasteiger charge is 2.28. The second kappa shape index (κ2) is 9.05. The van der Waals surface area contributed by atoms with Gasteiger partial charge >= 0.3 is 0 Å². The average molecular weight is 451 g/mol. The van der Waals surface area contributed by atoms with E-state index in [1.54, 1.807) is 6.92 Å². The van der Waals surface area contributed by atoms with Gasteiger partial charge in [0.05, 0.1) is 21.8 Å². The largest absolute Gasteiger partial charge is 0.489 e.